The summed E-state index contributed by atoms with van der Waals surface area (Å²) in [5, 5.41) is 30.1. The molecule has 2 aliphatic heterocycles. The van der Waals surface area contributed by atoms with E-state index < -0.39 is 84.7 Å². The number of esters is 1. The Bertz CT molecular complexity index is 1360. The molecule has 37 heavy (non-hydrogen) atoms. The molecule has 0 aliphatic carbocycles. The van der Waals surface area contributed by atoms with Gasteiger partial charge in [0, 0.05) is 30.4 Å². The SMILES string of the molecule is Cc1cn([C@H]2C[C@H](OC(=O)COC[C@H]3O[C@@H](n4ccc(=O)[nH]c4=O)[C@H](O)[C@@H]3O)[C@@H](CO)O2)c(=O)[nH]c1=O. The van der Waals surface area contributed by atoms with Gasteiger partial charge >= 0.3 is 17.3 Å². The van der Waals surface area contributed by atoms with Gasteiger partial charge in [0.2, 0.25) is 0 Å². The van der Waals surface area contributed by atoms with E-state index >= 15 is 0 Å². The summed E-state index contributed by atoms with van der Waals surface area (Å²) in [6, 6.07) is 1.05. The quantitative estimate of drug-likeness (QED) is 0.209. The van der Waals surface area contributed by atoms with Gasteiger partial charge < -0.3 is 34.3 Å². The van der Waals surface area contributed by atoms with Gasteiger partial charge in [-0.15, -0.1) is 0 Å². The van der Waals surface area contributed by atoms with Crippen LogP contribution in [0.4, 0.5) is 0 Å². The summed E-state index contributed by atoms with van der Waals surface area (Å²) in [6.07, 6.45) is -5.67. The Hall–Kier alpha value is -3.41. The monoisotopic (exact) mass is 526 g/mol. The maximum Gasteiger partial charge on any atom is 0.332 e. The molecule has 0 radical (unpaired) electrons. The molecule has 2 aliphatic rings. The number of H-pyrrole nitrogens is 2. The van der Waals surface area contributed by atoms with Gasteiger partial charge in [-0.1, -0.05) is 0 Å². The van der Waals surface area contributed by atoms with Crippen LogP contribution < -0.4 is 22.5 Å². The number of carbonyl (C=O) groups excluding carboxylic acids is 1. The van der Waals surface area contributed by atoms with Gasteiger partial charge in [0.25, 0.3) is 11.1 Å². The Morgan fingerprint density at radius 2 is 1.81 bits per heavy atom. The molecule has 2 saturated heterocycles. The zero-order valence-corrected chi connectivity index (χ0v) is 19.5. The number of aliphatic hydroxyl groups excluding tert-OH is 3. The largest absolute Gasteiger partial charge is 0.458 e. The van der Waals surface area contributed by atoms with Crippen molar-refractivity contribution in [1.29, 1.82) is 0 Å². The van der Waals surface area contributed by atoms with Crippen molar-refractivity contribution < 1.29 is 39.1 Å². The average molecular weight is 526 g/mol. The van der Waals surface area contributed by atoms with Crippen LogP contribution in [0.2, 0.25) is 0 Å². The van der Waals surface area contributed by atoms with Crippen LogP contribution in [-0.4, -0.2) is 90.7 Å². The van der Waals surface area contributed by atoms with Gasteiger partial charge in [-0.3, -0.25) is 28.7 Å². The molecule has 0 saturated carbocycles. The van der Waals surface area contributed by atoms with Crippen LogP contribution >= 0.6 is 0 Å². The van der Waals surface area contributed by atoms with Crippen molar-refractivity contribution in [3.63, 3.8) is 0 Å². The van der Waals surface area contributed by atoms with Crippen molar-refractivity contribution >= 4 is 5.97 Å². The molecule has 5 N–H and O–H groups in total. The molecule has 0 amide bonds. The zero-order valence-electron chi connectivity index (χ0n) is 19.5. The third kappa shape index (κ3) is 5.63. The second kappa shape index (κ2) is 10.9. The predicted octanol–water partition coefficient (Wildman–Crippen LogP) is -3.78. The van der Waals surface area contributed by atoms with Crippen LogP contribution in [0.15, 0.2) is 37.6 Å². The van der Waals surface area contributed by atoms with Crippen LogP contribution in [0.5, 0.6) is 0 Å². The molecular weight excluding hydrogens is 500 g/mol. The minimum Gasteiger partial charge on any atom is -0.458 e. The lowest BCUT2D eigenvalue weighted by molar-refractivity contribution is -0.160. The molecule has 0 unspecified atom stereocenters. The van der Waals surface area contributed by atoms with Gasteiger partial charge in [-0.05, 0) is 6.92 Å². The number of aromatic amines is 2. The van der Waals surface area contributed by atoms with E-state index in [0.29, 0.717) is 0 Å². The van der Waals surface area contributed by atoms with E-state index in [2.05, 4.69) is 4.98 Å². The molecule has 2 aromatic rings. The fourth-order valence-corrected chi connectivity index (χ4v) is 4.14. The van der Waals surface area contributed by atoms with Crippen LogP contribution in [-0.2, 0) is 23.7 Å². The van der Waals surface area contributed by atoms with E-state index in [0.717, 1.165) is 21.4 Å². The van der Waals surface area contributed by atoms with E-state index in [1.807, 2.05) is 4.98 Å². The second-order valence-corrected chi connectivity index (χ2v) is 8.63. The topological polar surface area (TPSA) is 224 Å². The second-order valence-electron chi connectivity index (χ2n) is 8.63. The Kier molecular flexibility index (Phi) is 7.86. The van der Waals surface area contributed by atoms with Crippen LogP contribution in [0, 0.1) is 6.92 Å². The number of ether oxygens (including phenoxy) is 4. The number of aliphatic hydroxyl groups is 3. The van der Waals surface area contributed by atoms with Crippen molar-refractivity contribution in [3.05, 3.63) is 65.7 Å². The number of hydrogen-bond donors (Lipinski definition) is 5. The summed E-state index contributed by atoms with van der Waals surface area (Å²) in [4.78, 5) is 63.4. The first kappa shape index (κ1) is 26.6. The molecule has 16 heteroatoms. The van der Waals surface area contributed by atoms with E-state index in [9.17, 15) is 39.3 Å². The first-order chi connectivity index (χ1) is 17.6. The van der Waals surface area contributed by atoms with E-state index in [4.69, 9.17) is 18.9 Å². The Morgan fingerprint density at radius 3 is 2.51 bits per heavy atom. The normalized spacial score (nSPS) is 29.5. The summed E-state index contributed by atoms with van der Waals surface area (Å²) in [7, 11) is 0. The molecule has 0 bridgehead atoms. The van der Waals surface area contributed by atoms with Gasteiger partial charge in [-0.2, -0.15) is 0 Å². The highest BCUT2D eigenvalue weighted by molar-refractivity contribution is 5.71. The summed E-state index contributed by atoms with van der Waals surface area (Å²) in [6.45, 7) is 0.0787. The van der Waals surface area contributed by atoms with E-state index in [1.165, 1.54) is 13.1 Å². The van der Waals surface area contributed by atoms with Crippen molar-refractivity contribution in [2.75, 3.05) is 19.8 Å². The van der Waals surface area contributed by atoms with Crippen LogP contribution in [0.25, 0.3) is 0 Å². The third-order valence-electron chi connectivity index (χ3n) is 6.06. The summed E-state index contributed by atoms with van der Waals surface area (Å²) in [5.74, 6) is -0.834. The maximum absolute atomic E-state index is 12.3. The molecule has 0 aromatic carbocycles. The lowest BCUT2D eigenvalue weighted by atomic mass is 10.1. The fraction of sp³-hybridized carbons (Fsp3) is 0.571. The molecule has 202 valence electrons. The number of rotatable bonds is 8. The Morgan fingerprint density at radius 1 is 1.08 bits per heavy atom. The molecule has 0 spiro atoms. The van der Waals surface area contributed by atoms with Crippen molar-refractivity contribution in [2.45, 2.75) is 56.3 Å². The minimum absolute atomic E-state index is 0.0224. The summed E-state index contributed by atoms with van der Waals surface area (Å²) in [5.41, 5.74) is -2.47. The molecular formula is C21H26N4O12. The van der Waals surface area contributed by atoms with Gasteiger partial charge in [0.05, 0.1) is 13.2 Å². The minimum atomic E-state index is -1.51. The van der Waals surface area contributed by atoms with Gasteiger partial charge in [0.1, 0.15) is 43.4 Å². The van der Waals surface area contributed by atoms with E-state index in [1.54, 1.807) is 0 Å². The van der Waals surface area contributed by atoms with Crippen LogP contribution in [0.1, 0.15) is 24.4 Å². The number of nitrogens with one attached hydrogen (secondary N) is 2. The Balaban J connectivity index is 1.31. The highest BCUT2D eigenvalue weighted by atomic mass is 16.6. The van der Waals surface area contributed by atoms with Crippen molar-refractivity contribution in [3.8, 4) is 0 Å². The predicted molar refractivity (Wildman–Crippen MR) is 120 cm³/mol. The fourth-order valence-electron chi connectivity index (χ4n) is 4.14. The zero-order chi connectivity index (χ0) is 26.9. The lowest BCUT2D eigenvalue weighted by Gasteiger charge is -2.18. The lowest BCUT2D eigenvalue weighted by Crippen LogP contribution is -2.37. The van der Waals surface area contributed by atoms with Crippen molar-refractivity contribution in [2.24, 2.45) is 0 Å². The Labute approximate surface area is 206 Å². The molecule has 2 fully saturated rings. The molecule has 16 nitrogen and oxygen atoms in total. The first-order valence-corrected chi connectivity index (χ1v) is 11.3. The summed E-state index contributed by atoms with van der Waals surface area (Å²) < 4.78 is 23.7. The molecule has 2 aromatic heterocycles. The maximum atomic E-state index is 12.3. The average Bonchev–Trinajstić information content (AvgIpc) is 3.37. The molecule has 4 heterocycles. The first-order valence-electron chi connectivity index (χ1n) is 11.3. The molecule has 4 rings (SSSR count). The highest BCUT2D eigenvalue weighted by Gasteiger charge is 2.44. The standard InChI is InChI=1S/C21H26N4O12/c1-9-5-25(21(33)23-18(9)31)14-4-10(11(6-26)35-14)36-15(28)8-34-7-12-16(29)17(30)19(37-12)24-3-2-13(27)22-20(24)32/h2-3,5,10-12,14,16-17,19,26,29-30H,4,6-8H2,1H3,(H,22,27,32)(H,23,31,33)/t10-,11+,12+,14+,16+,17+,19+/m0/s1. The number of aromatic nitrogens is 4. The van der Waals surface area contributed by atoms with Crippen LogP contribution in [0.3, 0.4) is 0 Å². The van der Waals surface area contributed by atoms with E-state index in [-0.39, 0.29) is 18.6 Å². The number of hydrogen-bond acceptors (Lipinski definition) is 12. The molecule has 7 atom stereocenters. The number of carbonyl (C=O) groups is 1. The van der Waals surface area contributed by atoms with Gasteiger partial charge in [0.15, 0.2) is 6.23 Å². The smallest absolute Gasteiger partial charge is 0.332 e. The van der Waals surface area contributed by atoms with Crippen molar-refractivity contribution in [1.82, 2.24) is 19.1 Å². The summed E-state index contributed by atoms with van der Waals surface area (Å²) >= 11 is 0. The van der Waals surface area contributed by atoms with Gasteiger partial charge in [-0.25, -0.2) is 14.4 Å². The number of nitrogens with zero attached hydrogens (tertiary/aromatic N) is 2. The highest BCUT2D eigenvalue weighted by Crippen LogP contribution is 2.30. The third-order valence-corrected chi connectivity index (χ3v) is 6.06. The number of aryl methyl sites for hydroxylation is 1.